The zero-order chi connectivity index (χ0) is 14.0. The van der Waals surface area contributed by atoms with Gasteiger partial charge in [0.25, 0.3) is 5.69 Å². The standard InChI is InChI=1S/C12H9NO5S/c1-7-10(4-5-18-7)19-11-6-8(13(16)17)2-3-9(11)12(14)15/h2-6H,1H3,(H,14,15). The van der Waals surface area contributed by atoms with Crippen LogP contribution in [-0.4, -0.2) is 16.0 Å². The van der Waals surface area contributed by atoms with Gasteiger partial charge in [-0.1, -0.05) is 11.8 Å². The highest BCUT2D eigenvalue weighted by atomic mass is 32.2. The maximum atomic E-state index is 11.1. The first-order valence-corrected chi connectivity index (χ1v) is 6.04. The minimum absolute atomic E-state index is 0.0243. The van der Waals surface area contributed by atoms with Gasteiger partial charge in [-0.25, -0.2) is 4.79 Å². The van der Waals surface area contributed by atoms with Crippen molar-refractivity contribution in [3.05, 3.63) is 52.0 Å². The number of rotatable bonds is 4. The number of benzene rings is 1. The Balaban J connectivity index is 2.46. The van der Waals surface area contributed by atoms with E-state index in [1.807, 2.05) is 0 Å². The van der Waals surface area contributed by atoms with Crippen LogP contribution in [0.15, 0.2) is 44.7 Å². The van der Waals surface area contributed by atoms with Crippen molar-refractivity contribution in [1.82, 2.24) is 0 Å². The molecule has 98 valence electrons. The molecule has 1 aromatic heterocycles. The summed E-state index contributed by atoms with van der Waals surface area (Å²) in [6, 6.07) is 5.35. The van der Waals surface area contributed by atoms with E-state index in [0.717, 1.165) is 16.7 Å². The summed E-state index contributed by atoms with van der Waals surface area (Å²) in [4.78, 5) is 22.3. The molecule has 1 aromatic carbocycles. The van der Waals surface area contributed by atoms with Gasteiger partial charge >= 0.3 is 5.97 Å². The number of nitrogens with zero attached hydrogens (tertiary/aromatic N) is 1. The van der Waals surface area contributed by atoms with E-state index < -0.39 is 10.9 Å². The Bertz CT molecular complexity index is 649. The summed E-state index contributed by atoms with van der Waals surface area (Å²) in [5.74, 6) is -0.494. The van der Waals surface area contributed by atoms with Crippen LogP contribution in [0.2, 0.25) is 0 Å². The molecule has 7 heteroatoms. The lowest BCUT2D eigenvalue weighted by Gasteiger charge is -2.04. The second-order valence-corrected chi connectivity index (χ2v) is 4.77. The molecule has 2 aromatic rings. The van der Waals surface area contributed by atoms with E-state index in [0.29, 0.717) is 10.7 Å². The predicted octanol–water partition coefficient (Wildman–Crippen LogP) is 3.35. The van der Waals surface area contributed by atoms with Crippen molar-refractivity contribution in [1.29, 1.82) is 0 Å². The highest BCUT2D eigenvalue weighted by Gasteiger charge is 2.17. The summed E-state index contributed by atoms with van der Waals surface area (Å²) in [7, 11) is 0. The van der Waals surface area contributed by atoms with Crippen LogP contribution in [0.25, 0.3) is 0 Å². The first kappa shape index (κ1) is 13.2. The molecule has 0 bridgehead atoms. The third kappa shape index (κ3) is 2.76. The van der Waals surface area contributed by atoms with Gasteiger partial charge in [-0.15, -0.1) is 0 Å². The number of nitro groups is 1. The molecule has 1 N–H and O–H groups in total. The molecule has 0 radical (unpaired) electrons. The van der Waals surface area contributed by atoms with E-state index in [2.05, 4.69) is 0 Å². The van der Waals surface area contributed by atoms with E-state index in [1.165, 1.54) is 24.5 Å². The number of aryl methyl sites for hydroxylation is 1. The summed E-state index contributed by atoms with van der Waals surface area (Å²) in [6.07, 6.45) is 1.48. The molecule has 0 fully saturated rings. The Hall–Kier alpha value is -2.28. The van der Waals surface area contributed by atoms with Crippen LogP contribution < -0.4 is 0 Å². The average molecular weight is 279 g/mol. The van der Waals surface area contributed by atoms with Crippen molar-refractivity contribution in [2.45, 2.75) is 16.7 Å². The van der Waals surface area contributed by atoms with Gasteiger partial charge in [-0.05, 0) is 19.1 Å². The number of hydrogen-bond acceptors (Lipinski definition) is 5. The Labute approximate surface area is 112 Å². The summed E-state index contributed by atoms with van der Waals surface area (Å²) in [6.45, 7) is 1.74. The Morgan fingerprint density at radius 2 is 2.11 bits per heavy atom. The number of nitro benzene ring substituents is 1. The van der Waals surface area contributed by atoms with E-state index in [4.69, 9.17) is 9.52 Å². The lowest BCUT2D eigenvalue weighted by molar-refractivity contribution is -0.385. The fraction of sp³-hybridized carbons (Fsp3) is 0.0833. The zero-order valence-electron chi connectivity index (χ0n) is 9.82. The molecule has 0 saturated heterocycles. The van der Waals surface area contributed by atoms with Crippen molar-refractivity contribution in [2.24, 2.45) is 0 Å². The van der Waals surface area contributed by atoms with Crippen LogP contribution in [0.4, 0.5) is 5.69 Å². The van der Waals surface area contributed by atoms with E-state index in [9.17, 15) is 14.9 Å². The highest BCUT2D eigenvalue weighted by Crippen LogP contribution is 2.35. The van der Waals surface area contributed by atoms with Crippen molar-refractivity contribution in [2.75, 3.05) is 0 Å². The number of carboxylic acids is 1. The summed E-state index contributed by atoms with van der Waals surface area (Å²) in [5, 5.41) is 19.8. The van der Waals surface area contributed by atoms with Crippen LogP contribution in [-0.2, 0) is 0 Å². The molecule has 0 spiro atoms. The minimum atomic E-state index is -1.13. The third-order valence-corrected chi connectivity index (χ3v) is 3.64. The maximum absolute atomic E-state index is 11.1. The number of carboxylic acid groups (broad SMARTS) is 1. The molecular formula is C12H9NO5S. The summed E-state index contributed by atoms with van der Waals surface area (Å²) < 4.78 is 5.11. The molecule has 0 amide bonds. The normalized spacial score (nSPS) is 10.4. The van der Waals surface area contributed by atoms with E-state index >= 15 is 0 Å². The Kier molecular flexibility index (Phi) is 3.57. The molecule has 6 nitrogen and oxygen atoms in total. The Morgan fingerprint density at radius 3 is 2.63 bits per heavy atom. The SMILES string of the molecule is Cc1occc1Sc1cc([N+](=O)[O-])ccc1C(=O)O. The molecule has 2 rings (SSSR count). The number of non-ortho nitro benzene ring substituents is 1. The third-order valence-electron chi connectivity index (χ3n) is 2.44. The van der Waals surface area contributed by atoms with Crippen molar-refractivity contribution < 1.29 is 19.2 Å². The first-order valence-electron chi connectivity index (χ1n) is 5.22. The van der Waals surface area contributed by atoms with Crippen LogP contribution >= 0.6 is 11.8 Å². The second-order valence-electron chi connectivity index (χ2n) is 3.69. The fourth-order valence-electron chi connectivity index (χ4n) is 1.48. The van der Waals surface area contributed by atoms with E-state index in [1.54, 1.807) is 13.0 Å². The lowest BCUT2D eigenvalue weighted by Crippen LogP contribution is -2.00. The molecule has 0 aliphatic carbocycles. The number of hydrogen-bond donors (Lipinski definition) is 1. The van der Waals surface area contributed by atoms with Crippen LogP contribution in [0, 0.1) is 17.0 Å². The van der Waals surface area contributed by atoms with Gasteiger partial charge < -0.3 is 9.52 Å². The Morgan fingerprint density at radius 1 is 1.37 bits per heavy atom. The van der Waals surface area contributed by atoms with Crippen molar-refractivity contribution in [3.8, 4) is 0 Å². The quantitative estimate of drug-likeness (QED) is 0.681. The predicted molar refractivity (Wildman–Crippen MR) is 67.6 cm³/mol. The van der Waals surface area contributed by atoms with Crippen LogP contribution in [0.3, 0.4) is 0 Å². The van der Waals surface area contributed by atoms with Crippen LogP contribution in [0.1, 0.15) is 16.1 Å². The fourth-order valence-corrected chi connectivity index (χ4v) is 2.48. The molecule has 0 saturated carbocycles. The number of aromatic carboxylic acids is 1. The maximum Gasteiger partial charge on any atom is 0.336 e. The largest absolute Gasteiger partial charge is 0.478 e. The van der Waals surface area contributed by atoms with Gasteiger partial charge in [-0.3, -0.25) is 10.1 Å². The molecular weight excluding hydrogens is 270 g/mol. The van der Waals surface area contributed by atoms with E-state index in [-0.39, 0.29) is 11.3 Å². The topological polar surface area (TPSA) is 93.6 Å². The van der Waals surface area contributed by atoms with Gasteiger partial charge in [0.2, 0.25) is 0 Å². The monoisotopic (exact) mass is 279 g/mol. The van der Waals surface area contributed by atoms with Gasteiger partial charge in [0.15, 0.2) is 0 Å². The lowest BCUT2D eigenvalue weighted by atomic mass is 10.2. The molecule has 19 heavy (non-hydrogen) atoms. The first-order chi connectivity index (χ1) is 8.99. The zero-order valence-corrected chi connectivity index (χ0v) is 10.6. The minimum Gasteiger partial charge on any atom is -0.478 e. The molecule has 0 aliphatic rings. The van der Waals surface area contributed by atoms with Crippen LogP contribution in [0.5, 0.6) is 0 Å². The van der Waals surface area contributed by atoms with Gasteiger partial charge in [0.1, 0.15) is 5.76 Å². The van der Waals surface area contributed by atoms with Crippen molar-refractivity contribution in [3.63, 3.8) is 0 Å². The van der Waals surface area contributed by atoms with Gasteiger partial charge in [0, 0.05) is 17.0 Å². The second kappa shape index (κ2) is 5.15. The average Bonchev–Trinajstić information content (AvgIpc) is 2.74. The molecule has 0 atom stereocenters. The summed E-state index contributed by atoms with van der Waals surface area (Å²) in [5.41, 5.74) is -0.121. The highest BCUT2D eigenvalue weighted by molar-refractivity contribution is 7.99. The molecule has 1 heterocycles. The molecule has 0 unspecified atom stereocenters. The van der Waals surface area contributed by atoms with Gasteiger partial charge in [0.05, 0.1) is 21.6 Å². The van der Waals surface area contributed by atoms with Crippen molar-refractivity contribution >= 4 is 23.4 Å². The van der Waals surface area contributed by atoms with Gasteiger partial charge in [-0.2, -0.15) is 0 Å². The number of carbonyl (C=O) groups is 1. The smallest absolute Gasteiger partial charge is 0.336 e. The molecule has 0 aliphatic heterocycles. The number of furan rings is 1. The summed E-state index contributed by atoms with van der Waals surface area (Å²) >= 11 is 1.13.